The van der Waals surface area contributed by atoms with Gasteiger partial charge in [0.2, 0.25) is 0 Å². The molecule has 12 nitrogen and oxygen atoms in total. The van der Waals surface area contributed by atoms with Crippen molar-refractivity contribution in [1.29, 1.82) is 0 Å². The summed E-state index contributed by atoms with van der Waals surface area (Å²) < 4.78 is 0. The van der Waals surface area contributed by atoms with Gasteiger partial charge in [-0.15, -0.1) is 0 Å². The van der Waals surface area contributed by atoms with Crippen LogP contribution in [0.25, 0.3) is 0 Å². The second-order valence-electron chi connectivity index (χ2n) is 26.0. The number of carbonyl (C=O) groups is 2. The summed E-state index contributed by atoms with van der Waals surface area (Å²) in [6.45, 7) is 7.93. The number of aromatic amines is 2. The molecule has 11 aliphatic rings. The molecule has 9 atom stereocenters. The zero-order valence-electron chi connectivity index (χ0n) is 44.0. The molecule has 6 aliphatic carbocycles. The molecule has 394 valence electrons. The van der Waals surface area contributed by atoms with Crippen LogP contribution in [0.5, 0.6) is 11.5 Å². The molecule has 1 unspecified atom stereocenters. The fourth-order valence-corrected chi connectivity index (χ4v) is 17.6. The van der Waals surface area contributed by atoms with E-state index in [0.717, 1.165) is 136 Å². The molecule has 12 heteroatoms. The van der Waals surface area contributed by atoms with Crippen LogP contribution in [0, 0.1) is 29.6 Å². The van der Waals surface area contributed by atoms with Crippen LogP contribution in [0.15, 0.2) is 82.4 Å². The SMILES string of the molecule is CC1C[C@H]2CC[C@@H](C1)N2C(=O)c1cc2c([nH]c1=O)C[C@]13CCN(CC4CC4)[C@H](Cc4ccc(O)cc41)[C@@H]3C2.O=C(c1cc2c([nH]c1=O)C[C@]13CCN(CC4CC4)[C@H](Cc4ccc(O)cc41)[C@@H]3C2)N1Cc2ccccc2C1. The largest absolute Gasteiger partial charge is 0.508 e. The highest BCUT2D eigenvalue weighted by atomic mass is 16.3. The van der Waals surface area contributed by atoms with E-state index in [0.29, 0.717) is 60.0 Å². The van der Waals surface area contributed by atoms with Crippen molar-refractivity contribution in [2.24, 2.45) is 29.6 Å². The van der Waals surface area contributed by atoms with Crippen molar-refractivity contribution in [1.82, 2.24) is 29.6 Å². The van der Waals surface area contributed by atoms with Gasteiger partial charge in [0.25, 0.3) is 22.9 Å². The Kier molecular flexibility index (Phi) is 10.9. The average Bonchev–Trinajstić information content (AvgIpc) is 4.47. The molecule has 6 bridgehead atoms. The molecule has 3 aromatic carbocycles. The Morgan fingerprint density at radius 1 is 0.579 bits per heavy atom. The molecule has 2 amide bonds. The normalized spacial score (nSPS) is 31.4. The van der Waals surface area contributed by atoms with Gasteiger partial charge >= 0.3 is 0 Å². The molecule has 0 spiro atoms. The summed E-state index contributed by atoms with van der Waals surface area (Å²) in [6.07, 6.45) is 17.1. The Bertz CT molecular complexity index is 3320. The highest BCUT2D eigenvalue weighted by molar-refractivity contribution is 5.95. The summed E-state index contributed by atoms with van der Waals surface area (Å²) in [4.78, 5) is 69.9. The van der Waals surface area contributed by atoms with Gasteiger partial charge in [-0.3, -0.25) is 29.0 Å². The Labute approximate surface area is 444 Å². The summed E-state index contributed by atoms with van der Waals surface area (Å²) in [5, 5.41) is 20.9. The number of benzene rings is 3. The standard InChI is InChI=1S/C32H39N3O3.C32H33N3O3/c1-18-10-22-5-6-23(11-18)35(22)31(38)25-12-21-13-27-29-14-20-4-7-24(36)15-26(20)32(27,16-28(21)33-30(25)37)8-9-34(29)17-19-2-3-19;36-24-8-7-20-13-29-27-12-23-11-25(31(38)35-17-21-3-1-2-4-22(21)18-35)30(37)33-28(23)15-32(27,26(20)14-24)9-10-34(29)16-19-5-6-19/h4,7,12,15,18-19,22-23,27,29,36H,2-3,5-6,8-11,13-14,16-17H2,1H3,(H,33,37);1-4,7-8,11,14,19,27,29,36H,5-6,9-10,12-13,15-18H2,(H,33,37)/t18?,22-,23+,27-,29+,32+;27-,29+,32+/m00/s1. The van der Waals surface area contributed by atoms with Crippen molar-refractivity contribution in [3.8, 4) is 11.5 Å². The number of amides is 2. The number of hydrogen-bond donors (Lipinski definition) is 4. The summed E-state index contributed by atoms with van der Waals surface area (Å²) in [6, 6.07) is 25.4. The van der Waals surface area contributed by atoms with E-state index < -0.39 is 0 Å². The molecule has 5 aliphatic heterocycles. The molecule has 6 fully saturated rings. The lowest BCUT2D eigenvalue weighted by Crippen LogP contribution is -2.63. The number of aromatic nitrogens is 2. The lowest BCUT2D eigenvalue weighted by molar-refractivity contribution is 0.00454. The van der Waals surface area contributed by atoms with Crippen LogP contribution < -0.4 is 11.1 Å². The molecule has 4 N–H and O–H groups in total. The number of H-pyrrole nitrogens is 2. The van der Waals surface area contributed by atoms with Crippen LogP contribution in [0.2, 0.25) is 0 Å². The minimum absolute atomic E-state index is 0.0526. The van der Waals surface area contributed by atoms with Crippen molar-refractivity contribution in [3.05, 3.63) is 161 Å². The second kappa shape index (κ2) is 17.5. The first-order valence-electron chi connectivity index (χ1n) is 29.2. The molecule has 4 saturated heterocycles. The molecule has 2 aromatic heterocycles. The number of carbonyl (C=O) groups excluding carboxylic acids is 2. The molecule has 16 rings (SSSR count). The maximum absolute atomic E-state index is 13.8. The van der Waals surface area contributed by atoms with Crippen molar-refractivity contribution in [3.63, 3.8) is 0 Å². The highest BCUT2D eigenvalue weighted by Gasteiger charge is 2.58. The number of hydrogen-bond acceptors (Lipinski definition) is 8. The van der Waals surface area contributed by atoms with Crippen molar-refractivity contribution < 1.29 is 19.8 Å². The lowest BCUT2D eigenvalue weighted by Gasteiger charge is -2.59. The van der Waals surface area contributed by atoms with Crippen LogP contribution >= 0.6 is 0 Å². The quantitative estimate of drug-likeness (QED) is 0.133. The molecule has 5 aromatic rings. The maximum atomic E-state index is 13.8. The highest BCUT2D eigenvalue weighted by Crippen LogP contribution is 2.57. The fraction of sp³-hybridized carbons (Fsp3) is 0.531. The number of likely N-dealkylation sites (tertiary alicyclic amines) is 2. The van der Waals surface area contributed by atoms with Gasteiger partial charge in [-0.05, 0) is 226 Å². The molecular formula is C64H72N6O6. The number of phenols is 2. The fourth-order valence-electron chi connectivity index (χ4n) is 17.6. The van der Waals surface area contributed by atoms with Crippen LogP contribution in [0.4, 0.5) is 0 Å². The zero-order valence-corrected chi connectivity index (χ0v) is 44.0. The molecule has 76 heavy (non-hydrogen) atoms. The predicted octanol–water partition coefficient (Wildman–Crippen LogP) is 8.11. The Morgan fingerprint density at radius 3 is 1.53 bits per heavy atom. The number of pyridine rings is 2. The third kappa shape index (κ3) is 7.64. The van der Waals surface area contributed by atoms with Gasteiger partial charge in [-0.1, -0.05) is 43.3 Å². The van der Waals surface area contributed by atoms with Gasteiger partial charge in [0.05, 0.1) is 0 Å². The molecule has 2 saturated carbocycles. The van der Waals surface area contributed by atoms with E-state index in [1.807, 2.05) is 48.5 Å². The average molecular weight is 1020 g/mol. The number of rotatable bonds is 6. The number of fused-ring (bicyclic) bond motifs is 7. The van der Waals surface area contributed by atoms with Gasteiger partial charge in [0.1, 0.15) is 22.6 Å². The first-order chi connectivity index (χ1) is 36.9. The molecule has 0 radical (unpaired) electrons. The Balaban J connectivity index is 0.000000133. The lowest BCUT2D eigenvalue weighted by atomic mass is 9.52. The first-order valence-corrected chi connectivity index (χ1v) is 29.2. The molecular weight excluding hydrogens is 949 g/mol. The second-order valence-corrected chi connectivity index (χ2v) is 26.0. The monoisotopic (exact) mass is 1020 g/mol. The van der Waals surface area contributed by atoms with Gasteiger partial charge in [0, 0.05) is 72.6 Å². The summed E-state index contributed by atoms with van der Waals surface area (Å²) >= 11 is 0. The number of aromatic hydroxyl groups is 2. The van der Waals surface area contributed by atoms with E-state index in [9.17, 15) is 29.4 Å². The van der Waals surface area contributed by atoms with Crippen molar-refractivity contribution >= 4 is 11.8 Å². The number of phenolic OH excluding ortho intramolecular Hbond substituents is 2. The van der Waals surface area contributed by atoms with Gasteiger partial charge in [-0.2, -0.15) is 0 Å². The summed E-state index contributed by atoms with van der Waals surface area (Å²) in [5.41, 5.74) is 11.8. The van der Waals surface area contributed by atoms with E-state index in [2.05, 4.69) is 55.9 Å². The van der Waals surface area contributed by atoms with Crippen molar-refractivity contribution in [2.75, 3.05) is 26.2 Å². The number of nitrogens with one attached hydrogen (secondary N) is 2. The maximum Gasteiger partial charge on any atom is 0.261 e. The topological polar surface area (TPSA) is 153 Å². The van der Waals surface area contributed by atoms with Crippen LogP contribution in [0.3, 0.4) is 0 Å². The van der Waals surface area contributed by atoms with E-state index >= 15 is 0 Å². The van der Waals surface area contributed by atoms with E-state index in [4.69, 9.17) is 0 Å². The minimum atomic E-state index is -0.283. The Hall–Kier alpha value is -5.98. The van der Waals surface area contributed by atoms with Crippen LogP contribution in [-0.4, -0.2) is 102 Å². The van der Waals surface area contributed by atoms with Crippen LogP contribution in [-0.2, 0) is 62.4 Å². The van der Waals surface area contributed by atoms with E-state index in [-0.39, 0.29) is 51.4 Å². The predicted molar refractivity (Wildman–Crippen MR) is 290 cm³/mol. The van der Waals surface area contributed by atoms with Gasteiger partial charge in [0.15, 0.2) is 0 Å². The Morgan fingerprint density at radius 2 is 1.05 bits per heavy atom. The van der Waals surface area contributed by atoms with E-state index in [1.165, 1.54) is 61.0 Å². The third-order valence-electron chi connectivity index (χ3n) is 21.6. The minimum Gasteiger partial charge on any atom is -0.508 e. The smallest absolute Gasteiger partial charge is 0.261 e. The summed E-state index contributed by atoms with van der Waals surface area (Å²) in [5.74, 6) is 3.60. The van der Waals surface area contributed by atoms with Gasteiger partial charge < -0.3 is 30.0 Å². The zero-order chi connectivity index (χ0) is 51.4. The third-order valence-corrected chi connectivity index (χ3v) is 21.6. The summed E-state index contributed by atoms with van der Waals surface area (Å²) in [7, 11) is 0. The number of nitrogens with zero attached hydrogens (tertiary/aromatic N) is 4. The van der Waals surface area contributed by atoms with Crippen molar-refractivity contribution in [2.45, 2.75) is 158 Å². The number of piperidine rings is 3. The molecule has 7 heterocycles. The van der Waals surface area contributed by atoms with E-state index in [1.54, 1.807) is 4.90 Å². The van der Waals surface area contributed by atoms with Gasteiger partial charge in [-0.25, -0.2) is 0 Å². The van der Waals surface area contributed by atoms with Crippen LogP contribution in [0.1, 0.15) is 148 Å². The first kappa shape index (κ1) is 47.3.